The van der Waals surface area contributed by atoms with Crippen LogP contribution in [0.3, 0.4) is 0 Å². The first-order chi connectivity index (χ1) is 13.1. The molecule has 0 aliphatic heterocycles. The minimum absolute atomic E-state index is 0.203. The molecule has 0 aliphatic carbocycles. The summed E-state index contributed by atoms with van der Waals surface area (Å²) in [6, 6.07) is -3.39. The van der Waals surface area contributed by atoms with E-state index in [-0.39, 0.29) is 6.54 Å². The topological polar surface area (TPSA) is 112 Å². The maximum absolute atomic E-state index is 11.7. The van der Waals surface area contributed by atoms with Crippen molar-refractivity contribution < 1.29 is 34.2 Å². The van der Waals surface area contributed by atoms with E-state index in [0.717, 1.165) is 25.7 Å². The standard InChI is InChI=1S/C21H37NO6/c1-5-6-7-8-9-10-11-12-13-14-15-22(16(2)19(23)24,17(3)20(25)26)18(4)21(27)28/h9-10,16-18H,5-8,11-15H2,1-4H3,(H2-,23,24,25,26,27,28)/p+1/b10-9+. The van der Waals surface area contributed by atoms with E-state index in [9.17, 15) is 29.7 Å². The molecule has 0 heterocycles. The van der Waals surface area contributed by atoms with Gasteiger partial charge in [-0.2, -0.15) is 0 Å². The van der Waals surface area contributed by atoms with Gasteiger partial charge in [0.15, 0.2) is 18.1 Å². The van der Waals surface area contributed by atoms with E-state index in [2.05, 4.69) is 19.1 Å². The number of hydrogen-bond donors (Lipinski definition) is 3. The molecule has 0 aromatic rings. The molecule has 7 heteroatoms. The fraction of sp³-hybridized carbons (Fsp3) is 0.762. The lowest BCUT2D eigenvalue weighted by molar-refractivity contribution is -0.968. The van der Waals surface area contributed by atoms with Gasteiger partial charge in [0.25, 0.3) is 0 Å². The van der Waals surface area contributed by atoms with Gasteiger partial charge in [-0.05, 0) is 59.3 Å². The average molecular weight is 401 g/mol. The van der Waals surface area contributed by atoms with Crippen LogP contribution in [0.4, 0.5) is 0 Å². The predicted molar refractivity (Wildman–Crippen MR) is 108 cm³/mol. The highest BCUT2D eigenvalue weighted by atomic mass is 16.4. The summed E-state index contributed by atoms with van der Waals surface area (Å²) in [7, 11) is 0. The Morgan fingerprint density at radius 1 is 0.714 bits per heavy atom. The lowest BCUT2D eigenvalue weighted by Gasteiger charge is -2.47. The third kappa shape index (κ3) is 7.62. The predicted octanol–water partition coefficient (Wildman–Crippen LogP) is 3.92. The maximum atomic E-state index is 11.7. The number of unbranched alkanes of at least 4 members (excludes halogenated alkanes) is 6. The van der Waals surface area contributed by atoms with Crippen LogP contribution in [0, 0.1) is 0 Å². The number of aliphatic carboxylic acids is 3. The van der Waals surface area contributed by atoms with Gasteiger partial charge in [0.2, 0.25) is 0 Å². The number of quaternary nitrogens is 1. The van der Waals surface area contributed by atoms with Gasteiger partial charge >= 0.3 is 17.9 Å². The molecule has 3 unspecified atom stereocenters. The van der Waals surface area contributed by atoms with Crippen LogP contribution < -0.4 is 0 Å². The molecular formula is C21H38NO6+. The number of hydrogen-bond acceptors (Lipinski definition) is 3. The molecule has 0 bridgehead atoms. The van der Waals surface area contributed by atoms with Crippen LogP contribution in [0.1, 0.15) is 79.1 Å². The number of nitrogens with zero attached hydrogens (tertiary/aromatic N) is 1. The molecule has 0 aliphatic rings. The fourth-order valence-corrected chi connectivity index (χ4v) is 3.78. The second-order valence-electron chi connectivity index (χ2n) is 7.58. The quantitative estimate of drug-likeness (QED) is 0.206. The molecule has 7 nitrogen and oxygen atoms in total. The number of carboxylic acids is 3. The van der Waals surface area contributed by atoms with Crippen molar-refractivity contribution >= 4 is 17.9 Å². The first kappa shape index (κ1) is 26.1. The monoisotopic (exact) mass is 400 g/mol. The molecule has 0 spiro atoms. The van der Waals surface area contributed by atoms with Gasteiger partial charge in [-0.1, -0.05) is 31.9 Å². The number of carbonyl (C=O) groups is 3. The van der Waals surface area contributed by atoms with Crippen molar-refractivity contribution in [1.29, 1.82) is 0 Å². The maximum Gasteiger partial charge on any atom is 0.362 e. The van der Waals surface area contributed by atoms with Crippen LogP contribution in [-0.2, 0) is 14.4 Å². The lowest BCUT2D eigenvalue weighted by atomic mass is 10.00. The van der Waals surface area contributed by atoms with Crippen molar-refractivity contribution in [1.82, 2.24) is 0 Å². The SMILES string of the molecule is CCCCC/C=C/CCCCC[N+](C(C)C(=O)O)(C(C)C(=O)O)C(C)C(=O)O. The Bertz CT molecular complexity index is 481. The fourth-order valence-electron chi connectivity index (χ4n) is 3.78. The Labute approximate surface area is 168 Å². The van der Waals surface area contributed by atoms with Crippen LogP contribution >= 0.6 is 0 Å². The summed E-state index contributed by atoms with van der Waals surface area (Å²) in [6.45, 7) is 6.58. The zero-order valence-electron chi connectivity index (χ0n) is 17.8. The first-order valence-corrected chi connectivity index (χ1v) is 10.3. The van der Waals surface area contributed by atoms with Crippen molar-refractivity contribution in [3.05, 3.63) is 12.2 Å². The number of carboxylic acid groups (broad SMARTS) is 3. The average Bonchev–Trinajstić information content (AvgIpc) is 2.64. The largest absolute Gasteiger partial charge is 0.477 e. The molecule has 3 atom stereocenters. The van der Waals surface area contributed by atoms with E-state index in [1.807, 2.05) is 0 Å². The highest BCUT2D eigenvalue weighted by molar-refractivity contribution is 5.77. The second-order valence-corrected chi connectivity index (χ2v) is 7.58. The normalized spacial score (nSPS) is 17.0. The molecule has 0 saturated carbocycles. The summed E-state index contributed by atoms with van der Waals surface area (Å²) >= 11 is 0. The summed E-state index contributed by atoms with van der Waals surface area (Å²) in [5, 5.41) is 28.6. The van der Waals surface area contributed by atoms with Gasteiger partial charge in [0.1, 0.15) is 0 Å². The number of rotatable bonds is 16. The van der Waals surface area contributed by atoms with Crippen molar-refractivity contribution in [3.8, 4) is 0 Å². The van der Waals surface area contributed by atoms with Crippen molar-refractivity contribution in [2.24, 2.45) is 0 Å². The zero-order chi connectivity index (χ0) is 21.7. The Kier molecular flexibility index (Phi) is 12.4. The lowest BCUT2D eigenvalue weighted by Crippen LogP contribution is -2.70. The molecule has 0 radical (unpaired) electrons. The van der Waals surface area contributed by atoms with Crippen molar-refractivity contribution in [2.75, 3.05) is 6.54 Å². The van der Waals surface area contributed by atoms with Gasteiger partial charge in [-0.25, -0.2) is 14.4 Å². The molecule has 0 aromatic heterocycles. The molecule has 0 aromatic carbocycles. The van der Waals surface area contributed by atoms with Crippen LogP contribution in [0.25, 0.3) is 0 Å². The van der Waals surface area contributed by atoms with Crippen molar-refractivity contribution in [2.45, 2.75) is 97.2 Å². The van der Waals surface area contributed by atoms with E-state index in [1.54, 1.807) is 0 Å². The van der Waals surface area contributed by atoms with E-state index in [0.29, 0.717) is 6.42 Å². The molecule has 28 heavy (non-hydrogen) atoms. The Hall–Kier alpha value is -1.89. The first-order valence-electron chi connectivity index (χ1n) is 10.3. The third-order valence-corrected chi connectivity index (χ3v) is 5.79. The molecule has 0 fully saturated rings. The Morgan fingerprint density at radius 2 is 1.11 bits per heavy atom. The summed E-state index contributed by atoms with van der Waals surface area (Å²) < 4.78 is -0.493. The summed E-state index contributed by atoms with van der Waals surface area (Å²) in [4.78, 5) is 35.0. The molecule has 0 amide bonds. The van der Waals surface area contributed by atoms with Crippen molar-refractivity contribution in [3.63, 3.8) is 0 Å². The van der Waals surface area contributed by atoms with Crippen LogP contribution in [0.5, 0.6) is 0 Å². The third-order valence-electron chi connectivity index (χ3n) is 5.79. The smallest absolute Gasteiger partial charge is 0.362 e. The van der Waals surface area contributed by atoms with Gasteiger partial charge in [0, 0.05) is 0 Å². The van der Waals surface area contributed by atoms with Crippen LogP contribution in [0.15, 0.2) is 12.2 Å². The molecular weight excluding hydrogens is 362 g/mol. The number of allylic oxidation sites excluding steroid dienone is 2. The van der Waals surface area contributed by atoms with Gasteiger partial charge in [-0.15, -0.1) is 0 Å². The molecule has 3 N–H and O–H groups in total. The minimum atomic E-state index is -1.18. The zero-order valence-corrected chi connectivity index (χ0v) is 17.8. The molecule has 0 saturated heterocycles. The summed E-state index contributed by atoms with van der Waals surface area (Å²) in [5.41, 5.74) is 0. The summed E-state index contributed by atoms with van der Waals surface area (Å²) in [6.07, 6.45) is 12.2. The highest BCUT2D eigenvalue weighted by Crippen LogP contribution is 2.27. The second kappa shape index (κ2) is 13.3. The minimum Gasteiger partial charge on any atom is -0.477 e. The molecule has 0 rings (SSSR count). The van der Waals surface area contributed by atoms with Gasteiger partial charge < -0.3 is 15.3 Å². The van der Waals surface area contributed by atoms with Gasteiger partial charge in [0.05, 0.1) is 6.54 Å². The summed E-state index contributed by atoms with van der Waals surface area (Å²) in [5.74, 6) is -3.55. The Balaban J connectivity index is 5.02. The van der Waals surface area contributed by atoms with E-state index in [4.69, 9.17) is 0 Å². The van der Waals surface area contributed by atoms with Gasteiger partial charge in [-0.3, -0.25) is 4.48 Å². The van der Waals surface area contributed by atoms with E-state index >= 15 is 0 Å². The molecule has 162 valence electrons. The van der Waals surface area contributed by atoms with E-state index in [1.165, 1.54) is 40.0 Å². The van der Waals surface area contributed by atoms with Crippen LogP contribution in [0.2, 0.25) is 0 Å². The van der Waals surface area contributed by atoms with E-state index < -0.39 is 40.5 Å². The highest BCUT2D eigenvalue weighted by Gasteiger charge is 2.52. The Morgan fingerprint density at radius 3 is 1.46 bits per heavy atom. The van der Waals surface area contributed by atoms with Crippen LogP contribution in [-0.4, -0.2) is 62.4 Å².